The van der Waals surface area contributed by atoms with Gasteiger partial charge in [-0.2, -0.15) is 0 Å². The van der Waals surface area contributed by atoms with Gasteiger partial charge in [-0.15, -0.1) is 0 Å². The van der Waals surface area contributed by atoms with E-state index in [-0.39, 0.29) is 117 Å². The lowest BCUT2D eigenvalue weighted by Gasteiger charge is -2.54. The first-order valence-corrected chi connectivity index (χ1v) is 35.3. The van der Waals surface area contributed by atoms with Gasteiger partial charge in [0.15, 0.2) is 0 Å². The highest BCUT2D eigenvalue weighted by molar-refractivity contribution is 5.82. The minimum atomic E-state index is -0.413. The lowest BCUT2D eigenvalue weighted by molar-refractivity contribution is -0.159. The van der Waals surface area contributed by atoms with E-state index in [1.54, 1.807) is 0 Å². The van der Waals surface area contributed by atoms with Crippen molar-refractivity contribution in [3.05, 3.63) is 0 Å². The Kier molecular flexibility index (Phi) is 30.8. The van der Waals surface area contributed by atoms with Crippen molar-refractivity contribution >= 4 is 35.4 Å². The van der Waals surface area contributed by atoms with Crippen LogP contribution in [0.2, 0.25) is 0 Å². The lowest BCUT2D eigenvalue weighted by Crippen LogP contribution is -2.62. The van der Waals surface area contributed by atoms with Gasteiger partial charge in [-0.1, -0.05) is 51.4 Å². The normalized spacial score (nSPS) is 23.8. The molecule has 3 N–H and O–H groups in total. The van der Waals surface area contributed by atoms with Gasteiger partial charge in [0.05, 0.1) is 26.1 Å². The maximum atomic E-state index is 12.9. The molecule has 0 bridgehead atoms. The second-order valence-corrected chi connectivity index (χ2v) is 34.7. The number of aliphatic hydroxyl groups is 1. The van der Waals surface area contributed by atoms with Gasteiger partial charge < -0.3 is 34.7 Å². The molecule has 0 aromatic rings. The Morgan fingerprint density at radius 1 is 0.378 bits per heavy atom. The minimum Gasteiger partial charge on any atom is -0.469 e. The van der Waals surface area contributed by atoms with Gasteiger partial charge in [-0.25, -0.2) is 0 Å². The summed E-state index contributed by atoms with van der Waals surface area (Å²) in [5, 5.41) is 17.3. The smallest absolute Gasteiger partial charge is 0.306 e. The van der Waals surface area contributed by atoms with E-state index in [4.69, 9.17) is 14.2 Å². The Balaban J connectivity index is 0.000000362. The molecule has 0 aromatic carbocycles. The topological polar surface area (TPSA) is 193 Å². The third-order valence-electron chi connectivity index (χ3n) is 20.8. The predicted molar refractivity (Wildman–Crippen MR) is 364 cm³/mol. The summed E-state index contributed by atoms with van der Waals surface area (Å²) in [6.07, 6.45) is 23.7. The molecule has 5 saturated heterocycles. The third kappa shape index (κ3) is 28.1. The van der Waals surface area contributed by atoms with Crippen molar-refractivity contribution < 1.29 is 52.8 Å². The Morgan fingerprint density at radius 2 is 0.689 bits per heavy atom. The van der Waals surface area contributed by atoms with E-state index in [1.165, 1.54) is 7.11 Å². The van der Waals surface area contributed by atoms with Gasteiger partial charge in [0.25, 0.3) is 0 Å². The Morgan fingerprint density at radius 3 is 1.07 bits per heavy atom. The van der Waals surface area contributed by atoms with Gasteiger partial charge in [0.2, 0.25) is 0 Å². The molecule has 5 rings (SSSR count). The van der Waals surface area contributed by atoms with Crippen molar-refractivity contribution in [2.45, 2.75) is 392 Å². The fourth-order valence-corrected chi connectivity index (χ4v) is 16.8. The standard InChI is InChI=1S/C30H56N2O3.C28H52N2O3.C16H29NO5/c1-27(2)19-23(20-28(3,4)31(27)9)25(33)17-15-13-11-12-14-16-18-26(34)35-24-21-29(5,6)32(10)30(7,8)22-24;1-25(2)17-21(18-26(3,4)29-25)23(31)15-13-11-9-10-12-14-16-24(32)33-22-19-27(5,6)30-28(7,8)20-22;1-15(2)10-12(18)11-16(3,4)17(15)8-9-22-14(20)7-6-13(19)21-5/h23-24H,11-22H2,1-10H3;21-22,29-30H,9-20H2,1-8H3;12,18H,6-11H2,1-5H3. The van der Waals surface area contributed by atoms with Crippen molar-refractivity contribution in [3.8, 4) is 0 Å². The number of nitrogens with one attached hydrogen (secondary N) is 2. The molecule has 16 heteroatoms. The van der Waals surface area contributed by atoms with Gasteiger partial charge in [0.1, 0.15) is 30.4 Å². The first-order valence-electron chi connectivity index (χ1n) is 35.3. The van der Waals surface area contributed by atoms with E-state index in [1.807, 2.05) is 0 Å². The number of piperidine rings is 5. The highest BCUT2D eigenvalue weighted by atomic mass is 16.6. The van der Waals surface area contributed by atoms with Gasteiger partial charge in [0, 0.05) is 125 Å². The second-order valence-electron chi connectivity index (χ2n) is 34.7. The number of Topliss-reactive ketones (excluding diaryl/α,β-unsaturated/α-hetero) is 2. The number of ether oxygens (including phenoxy) is 4. The molecule has 5 fully saturated rings. The van der Waals surface area contributed by atoms with E-state index < -0.39 is 11.9 Å². The van der Waals surface area contributed by atoms with Crippen LogP contribution < -0.4 is 10.6 Å². The summed E-state index contributed by atoms with van der Waals surface area (Å²) in [4.78, 5) is 80.0. The molecule has 0 spiro atoms. The summed E-state index contributed by atoms with van der Waals surface area (Å²) >= 11 is 0. The Bertz CT molecular complexity index is 2200. The highest BCUT2D eigenvalue weighted by Gasteiger charge is 2.48. The molecular formula is C74H137N5O11. The third-order valence-corrected chi connectivity index (χ3v) is 20.8. The van der Waals surface area contributed by atoms with Crippen molar-refractivity contribution in [2.24, 2.45) is 11.8 Å². The zero-order valence-corrected chi connectivity index (χ0v) is 62.0. The first kappa shape index (κ1) is 81.2. The van der Waals surface area contributed by atoms with Crippen LogP contribution in [0, 0.1) is 11.8 Å². The fourth-order valence-electron chi connectivity index (χ4n) is 16.8. The van der Waals surface area contributed by atoms with E-state index in [9.17, 15) is 33.9 Å². The number of carbonyl (C=O) groups excluding carboxylic acids is 6. The average molecular weight is 1270 g/mol. The number of hydrogen-bond donors (Lipinski definition) is 3. The minimum absolute atomic E-state index is 0.00559. The van der Waals surface area contributed by atoms with Crippen molar-refractivity contribution in [2.75, 3.05) is 34.4 Å². The van der Waals surface area contributed by atoms with Crippen LogP contribution in [-0.2, 0) is 47.7 Å². The highest BCUT2D eigenvalue weighted by Crippen LogP contribution is 2.43. The second kappa shape index (κ2) is 34.1. The molecule has 0 radical (unpaired) electrons. The zero-order valence-electron chi connectivity index (χ0n) is 62.0. The number of aliphatic hydroxyl groups excluding tert-OH is 1. The predicted octanol–water partition coefficient (Wildman–Crippen LogP) is 14.4. The molecule has 5 aliphatic rings. The molecule has 0 saturated carbocycles. The zero-order chi connectivity index (χ0) is 68.5. The quantitative estimate of drug-likeness (QED) is 0.0380. The van der Waals surface area contributed by atoms with E-state index in [0.29, 0.717) is 50.2 Å². The van der Waals surface area contributed by atoms with Crippen LogP contribution in [0.4, 0.5) is 0 Å². The van der Waals surface area contributed by atoms with Crippen molar-refractivity contribution in [1.29, 1.82) is 0 Å². The van der Waals surface area contributed by atoms with Crippen LogP contribution >= 0.6 is 0 Å². The van der Waals surface area contributed by atoms with Gasteiger partial charge >= 0.3 is 23.9 Å². The maximum Gasteiger partial charge on any atom is 0.306 e. The van der Waals surface area contributed by atoms with Gasteiger partial charge in [-0.3, -0.25) is 43.5 Å². The summed E-state index contributed by atoms with van der Waals surface area (Å²) in [7, 11) is 5.66. The van der Waals surface area contributed by atoms with E-state index in [2.05, 4.69) is 183 Å². The number of hydrogen-bond acceptors (Lipinski definition) is 16. The lowest BCUT2D eigenvalue weighted by atomic mass is 9.72. The van der Waals surface area contributed by atoms with E-state index >= 15 is 0 Å². The number of ketones is 2. The molecule has 0 amide bonds. The molecule has 16 nitrogen and oxygen atoms in total. The van der Waals surface area contributed by atoms with Crippen LogP contribution in [0.1, 0.15) is 318 Å². The van der Waals surface area contributed by atoms with Crippen LogP contribution in [0.15, 0.2) is 0 Å². The first-order chi connectivity index (χ1) is 41.1. The summed E-state index contributed by atoms with van der Waals surface area (Å²) < 4.78 is 21.4. The van der Waals surface area contributed by atoms with Gasteiger partial charge in [-0.05, 0) is 217 Å². The molecule has 90 heavy (non-hydrogen) atoms. The molecule has 0 aliphatic carbocycles. The number of rotatable bonds is 28. The Labute approximate surface area is 549 Å². The van der Waals surface area contributed by atoms with Crippen molar-refractivity contribution in [1.82, 2.24) is 25.3 Å². The number of carbonyl (C=O) groups is 6. The van der Waals surface area contributed by atoms with E-state index in [0.717, 1.165) is 135 Å². The molecule has 524 valence electrons. The molecule has 5 heterocycles. The monoisotopic (exact) mass is 1270 g/mol. The summed E-state index contributed by atoms with van der Waals surface area (Å²) in [5.74, 6) is 0.406. The van der Waals surface area contributed by atoms with Crippen LogP contribution in [0.25, 0.3) is 0 Å². The number of nitrogens with zero attached hydrogens (tertiary/aromatic N) is 3. The molecule has 5 aliphatic heterocycles. The largest absolute Gasteiger partial charge is 0.469 e. The number of methoxy groups -OCH3 is 1. The number of likely N-dealkylation sites (tertiary alicyclic amines) is 3. The van der Waals surface area contributed by atoms with Crippen LogP contribution in [0.5, 0.6) is 0 Å². The van der Waals surface area contributed by atoms with Crippen molar-refractivity contribution in [3.63, 3.8) is 0 Å². The maximum absolute atomic E-state index is 12.9. The molecular weight excluding hydrogens is 1130 g/mol. The average Bonchev–Trinajstić information content (AvgIpc) is 0.809. The SMILES string of the molecule is CC1(C)CC(OC(=O)CCCCCCCCC(=O)C2CC(C)(C)NC(C)(C)C2)CC(C)(C)N1.CN1C(C)(C)CC(OC(=O)CCCCCCCCC(=O)C2CC(C)(C)N(C)C(C)(C)C2)CC1(C)C.COC(=O)CCC(=O)OCCN1C(C)(C)CC(O)CC1(C)C. The molecule has 0 unspecified atom stereocenters. The number of esters is 4. The summed E-state index contributed by atoms with van der Waals surface area (Å²) in [6.45, 7) is 44.8. The number of unbranched alkanes of at least 4 members (excludes halogenated alkanes) is 10. The molecule has 0 aromatic heterocycles. The van der Waals surface area contributed by atoms with Crippen LogP contribution in [-0.4, -0.2) is 163 Å². The van der Waals surface area contributed by atoms with Crippen LogP contribution in [0.3, 0.4) is 0 Å². The molecule has 0 atom stereocenters. The Hall–Kier alpha value is -3.02. The summed E-state index contributed by atoms with van der Waals surface area (Å²) in [6, 6.07) is 0. The summed E-state index contributed by atoms with van der Waals surface area (Å²) in [5.41, 5.74) is -0.0392. The fraction of sp³-hybridized carbons (Fsp3) is 0.919.